The van der Waals surface area contributed by atoms with Crippen molar-refractivity contribution in [3.63, 3.8) is 0 Å². The summed E-state index contributed by atoms with van der Waals surface area (Å²) in [5.74, 6) is 0.600. The summed E-state index contributed by atoms with van der Waals surface area (Å²) in [6.07, 6.45) is 0. The largest absolute Gasteiger partial charge is 0.384 e. The molecule has 1 fully saturated rings. The van der Waals surface area contributed by atoms with Crippen molar-refractivity contribution < 1.29 is 13.2 Å². The number of ether oxygens (including phenoxy) is 1. The van der Waals surface area contributed by atoms with Gasteiger partial charge in [0.25, 0.3) is 0 Å². The lowest BCUT2D eigenvalue weighted by atomic mass is 10.1. The van der Waals surface area contributed by atoms with E-state index in [9.17, 15) is 8.42 Å². The van der Waals surface area contributed by atoms with E-state index in [1.807, 2.05) is 0 Å². The third kappa shape index (κ3) is 1.97. The van der Waals surface area contributed by atoms with Crippen LogP contribution < -0.4 is 0 Å². The summed E-state index contributed by atoms with van der Waals surface area (Å²) in [6.45, 7) is 3.59. The molecule has 0 bridgehead atoms. The lowest BCUT2D eigenvalue weighted by molar-refractivity contribution is 0.0823. The molecule has 1 aliphatic heterocycles. The summed E-state index contributed by atoms with van der Waals surface area (Å²) in [6, 6.07) is 0. The van der Waals surface area contributed by atoms with Crippen molar-refractivity contribution in [3.05, 3.63) is 0 Å². The standard InChI is InChI=1S/C7H15NO3S/c1-3-12(9,10)8-4-7(5-8)6-11-2/h7H,3-6H2,1-2H3. The van der Waals surface area contributed by atoms with Gasteiger partial charge in [-0.05, 0) is 6.92 Å². The highest BCUT2D eigenvalue weighted by Crippen LogP contribution is 2.19. The van der Waals surface area contributed by atoms with E-state index in [-0.39, 0.29) is 5.75 Å². The SMILES string of the molecule is CCS(=O)(=O)N1CC(COC)C1. The average molecular weight is 193 g/mol. The van der Waals surface area contributed by atoms with Crippen LogP contribution in [0.3, 0.4) is 0 Å². The van der Waals surface area contributed by atoms with Crippen molar-refractivity contribution in [2.75, 3.05) is 32.6 Å². The maximum Gasteiger partial charge on any atom is 0.213 e. The number of methoxy groups -OCH3 is 1. The predicted molar refractivity (Wildman–Crippen MR) is 46.4 cm³/mol. The Labute approximate surface area is 73.6 Å². The molecule has 72 valence electrons. The van der Waals surface area contributed by atoms with Gasteiger partial charge < -0.3 is 4.74 Å². The molecule has 0 aromatic carbocycles. The number of sulfonamides is 1. The molecule has 1 aliphatic rings. The second-order valence-electron chi connectivity index (χ2n) is 3.04. The Morgan fingerprint density at radius 3 is 2.50 bits per heavy atom. The van der Waals surface area contributed by atoms with E-state index in [1.165, 1.54) is 4.31 Å². The number of nitrogens with zero attached hydrogens (tertiary/aromatic N) is 1. The quantitative estimate of drug-likeness (QED) is 0.627. The van der Waals surface area contributed by atoms with Crippen molar-refractivity contribution in [1.82, 2.24) is 4.31 Å². The molecule has 0 aromatic heterocycles. The van der Waals surface area contributed by atoms with Crippen molar-refractivity contribution >= 4 is 10.0 Å². The molecule has 0 aliphatic carbocycles. The molecule has 0 saturated carbocycles. The van der Waals surface area contributed by atoms with Gasteiger partial charge >= 0.3 is 0 Å². The molecule has 1 saturated heterocycles. The first kappa shape index (κ1) is 9.95. The van der Waals surface area contributed by atoms with Crippen LogP contribution in [-0.2, 0) is 14.8 Å². The summed E-state index contributed by atoms with van der Waals surface area (Å²) in [7, 11) is -1.30. The number of hydrogen-bond acceptors (Lipinski definition) is 3. The average Bonchev–Trinajstić information content (AvgIpc) is 1.95. The summed E-state index contributed by atoms with van der Waals surface area (Å²) in [4.78, 5) is 0. The third-order valence-corrected chi connectivity index (χ3v) is 3.90. The van der Waals surface area contributed by atoms with E-state index in [2.05, 4.69) is 0 Å². The first-order chi connectivity index (χ1) is 5.60. The predicted octanol–water partition coefficient (Wildman–Crippen LogP) is -0.0857. The maximum atomic E-state index is 11.2. The zero-order chi connectivity index (χ0) is 9.19. The Morgan fingerprint density at radius 2 is 2.08 bits per heavy atom. The van der Waals surface area contributed by atoms with E-state index < -0.39 is 10.0 Å². The molecule has 1 heterocycles. The summed E-state index contributed by atoms with van der Waals surface area (Å²) in [5.41, 5.74) is 0. The molecule has 4 nitrogen and oxygen atoms in total. The van der Waals surface area contributed by atoms with Crippen molar-refractivity contribution in [2.24, 2.45) is 5.92 Å². The second kappa shape index (κ2) is 3.72. The van der Waals surface area contributed by atoms with E-state index in [4.69, 9.17) is 4.74 Å². The first-order valence-electron chi connectivity index (χ1n) is 4.07. The minimum atomic E-state index is -2.93. The zero-order valence-electron chi connectivity index (χ0n) is 7.49. The molecule has 12 heavy (non-hydrogen) atoms. The highest BCUT2D eigenvalue weighted by molar-refractivity contribution is 7.89. The van der Waals surface area contributed by atoms with E-state index in [1.54, 1.807) is 14.0 Å². The van der Waals surface area contributed by atoms with Crippen LogP contribution in [0.25, 0.3) is 0 Å². The Bertz CT molecular complexity index is 231. The van der Waals surface area contributed by atoms with Gasteiger partial charge in [-0.3, -0.25) is 0 Å². The molecular weight excluding hydrogens is 178 g/mol. The van der Waals surface area contributed by atoms with Gasteiger partial charge in [0.1, 0.15) is 0 Å². The Kier molecular flexibility index (Phi) is 3.09. The van der Waals surface area contributed by atoms with Gasteiger partial charge in [-0.2, -0.15) is 0 Å². The molecule has 0 aromatic rings. The normalized spacial score (nSPS) is 20.8. The highest BCUT2D eigenvalue weighted by Gasteiger charge is 2.34. The van der Waals surface area contributed by atoms with Gasteiger partial charge in [0.15, 0.2) is 0 Å². The maximum absolute atomic E-state index is 11.2. The lowest BCUT2D eigenvalue weighted by Crippen LogP contribution is -2.51. The van der Waals surface area contributed by atoms with Crippen LogP contribution >= 0.6 is 0 Å². The molecule has 0 N–H and O–H groups in total. The van der Waals surface area contributed by atoms with Gasteiger partial charge in [0.2, 0.25) is 10.0 Å². The van der Waals surface area contributed by atoms with Crippen molar-refractivity contribution in [1.29, 1.82) is 0 Å². The second-order valence-corrected chi connectivity index (χ2v) is 5.30. The summed E-state index contributed by atoms with van der Waals surface area (Å²) >= 11 is 0. The van der Waals surface area contributed by atoms with Gasteiger partial charge in [0.05, 0.1) is 12.4 Å². The first-order valence-corrected chi connectivity index (χ1v) is 5.67. The fourth-order valence-electron chi connectivity index (χ4n) is 1.27. The highest BCUT2D eigenvalue weighted by atomic mass is 32.2. The summed E-state index contributed by atoms with van der Waals surface area (Å²) < 4.78 is 28.9. The molecule has 0 atom stereocenters. The van der Waals surface area contributed by atoms with Crippen LogP contribution in [0.5, 0.6) is 0 Å². The van der Waals surface area contributed by atoms with E-state index >= 15 is 0 Å². The monoisotopic (exact) mass is 193 g/mol. The molecule has 0 spiro atoms. The van der Waals surface area contributed by atoms with E-state index in [0.717, 1.165) is 0 Å². The van der Waals surface area contributed by atoms with Crippen LogP contribution in [0.2, 0.25) is 0 Å². The Morgan fingerprint density at radius 1 is 1.50 bits per heavy atom. The smallest absolute Gasteiger partial charge is 0.213 e. The molecular formula is C7H15NO3S. The topological polar surface area (TPSA) is 46.6 Å². The molecule has 0 amide bonds. The van der Waals surface area contributed by atoms with Gasteiger partial charge in [0, 0.05) is 26.1 Å². The van der Waals surface area contributed by atoms with Gasteiger partial charge in [-0.25, -0.2) is 12.7 Å². The van der Waals surface area contributed by atoms with Crippen molar-refractivity contribution in [3.8, 4) is 0 Å². The summed E-state index contributed by atoms with van der Waals surface area (Å²) in [5, 5.41) is 0. The minimum absolute atomic E-state index is 0.201. The molecule has 0 unspecified atom stereocenters. The number of rotatable bonds is 4. The van der Waals surface area contributed by atoms with Crippen LogP contribution in [0.15, 0.2) is 0 Å². The van der Waals surface area contributed by atoms with Crippen LogP contribution in [0, 0.1) is 5.92 Å². The molecule has 1 rings (SSSR count). The zero-order valence-corrected chi connectivity index (χ0v) is 8.30. The fraction of sp³-hybridized carbons (Fsp3) is 1.00. The van der Waals surface area contributed by atoms with Crippen LogP contribution in [-0.4, -0.2) is 45.3 Å². The van der Waals surface area contributed by atoms with Crippen molar-refractivity contribution in [2.45, 2.75) is 6.92 Å². The van der Waals surface area contributed by atoms with Crippen LogP contribution in [0.4, 0.5) is 0 Å². The van der Waals surface area contributed by atoms with Crippen LogP contribution in [0.1, 0.15) is 6.92 Å². The Balaban J connectivity index is 2.34. The Hall–Kier alpha value is -0.130. The fourth-order valence-corrected chi connectivity index (χ4v) is 2.51. The van der Waals surface area contributed by atoms with E-state index in [0.29, 0.717) is 25.6 Å². The molecule has 5 heteroatoms. The van der Waals surface area contributed by atoms with Gasteiger partial charge in [-0.1, -0.05) is 0 Å². The lowest BCUT2D eigenvalue weighted by Gasteiger charge is -2.37. The molecule has 0 radical (unpaired) electrons. The minimum Gasteiger partial charge on any atom is -0.384 e. The van der Waals surface area contributed by atoms with Gasteiger partial charge in [-0.15, -0.1) is 0 Å². The number of hydrogen-bond donors (Lipinski definition) is 0. The third-order valence-electron chi connectivity index (χ3n) is 2.08.